The molecule has 1 aliphatic heterocycles. The topological polar surface area (TPSA) is 98.1 Å². The molecule has 1 amide bonds. The molecule has 34 heavy (non-hydrogen) atoms. The number of rotatable bonds is 8. The van der Waals surface area contributed by atoms with Crippen molar-refractivity contribution in [1.82, 2.24) is 4.90 Å². The summed E-state index contributed by atoms with van der Waals surface area (Å²) in [5.74, 6) is 0.236. The summed E-state index contributed by atoms with van der Waals surface area (Å²) in [5.41, 5.74) is 1.32. The third-order valence-corrected chi connectivity index (χ3v) is 4.98. The van der Waals surface area contributed by atoms with E-state index in [0.717, 1.165) is 5.56 Å². The van der Waals surface area contributed by atoms with Crippen LogP contribution in [0.3, 0.4) is 0 Å². The average Bonchev–Trinajstić information content (AvgIpc) is 2.87. The lowest BCUT2D eigenvalue weighted by molar-refractivity contribution is -0.130. The number of methoxy groups -OCH3 is 1. The Morgan fingerprint density at radius 1 is 1.12 bits per heavy atom. The second-order valence-electron chi connectivity index (χ2n) is 7.21. The van der Waals surface area contributed by atoms with Crippen molar-refractivity contribution < 1.29 is 28.5 Å². The van der Waals surface area contributed by atoms with Crippen LogP contribution in [0.2, 0.25) is 0 Å². The smallest absolute Gasteiger partial charge is 0.336 e. The summed E-state index contributed by atoms with van der Waals surface area (Å²) in [6, 6.07) is 14.1. The maximum atomic E-state index is 12.6. The number of nitriles is 1. The second kappa shape index (κ2) is 12.2. The van der Waals surface area contributed by atoms with Crippen molar-refractivity contribution in [2.75, 3.05) is 40.0 Å². The number of benzene rings is 2. The SMILES string of the molecule is CCOc1ccccc1/C=C/C(=O)Oc1ccc(/C=C(\C#N)C(=O)N2CCOCC2)cc1OC. The van der Waals surface area contributed by atoms with Gasteiger partial charge in [-0.05, 0) is 42.8 Å². The van der Waals surface area contributed by atoms with Gasteiger partial charge < -0.3 is 23.8 Å². The summed E-state index contributed by atoms with van der Waals surface area (Å²) >= 11 is 0. The van der Waals surface area contributed by atoms with Gasteiger partial charge in [-0.1, -0.05) is 24.3 Å². The average molecular weight is 463 g/mol. The van der Waals surface area contributed by atoms with Gasteiger partial charge in [-0.15, -0.1) is 0 Å². The van der Waals surface area contributed by atoms with Crippen molar-refractivity contribution in [2.24, 2.45) is 0 Å². The molecule has 0 N–H and O–H groups in total. The molecule has 1 heterocycles. The number of hydrogen-bond acceptors (Lipinski definition) is 7. The second-order valence-corrected chi connectivity index (χ2v) is 7.21. The number of ether oxygens (including phenoxy) is 4. The van der Waals surface area contributed by atoms with Gasteiger partial charge in [-0.25, -0.2) is 4.79 Å². The fraction of sp³-hybridized carbons (Fsp3) is 0.269. The van der Waals surface area contributed by atoms with E-state index in [9.17, 15) is 14.9 Å². The number of nitrogens with zero attached hydrogens (tertiary/aromatic N) is 2. The molecule has 1 saturated heterocycles. The maximum Gasteiger partial charge on any atom is 0.336 e. The van der Waals surface area contributed by atoms with Crippen LogP contribution in [0.5, 0.6) is 17.2 Å². The molecule has 0 saturated carbocycles. The van der Waals surface area contributed by atoms with Gasteiger partial charge in [0, 0.05) is 24.7 Å². The Morgan fingerprint density at radius 3 is 2.59 bits per heavy atom. The van der Waals surface area contributed by atoms with E-state index in [0.29, 0.717) is 50.0 Å². The molecule has 1 fully saturated rings. The van der Waals surface area contributed by atoms with Crippen LogP contribution < -0.4 is 14.2 Å². The third-order valence-electron chi connectivity index (χ3n) is 4.98. The predicted molar refractivity (Wildman–Crippen MR) is 126 cm³/mol. The highest BCUT2D eigenvalue weighted by atomic mass is 16.6. The normalized spacial score (nSPS) is 13.9. The fourth-order valence-electron chi connectivity index (χ4n) is 3.31. The summed E-state index contributed by atoms with van der Waals surface area (Å²) < 4.78 is 21.6. The largest absolute Gasteiger partial charge is 0.493 e. The zero-order valence-corrected chi connectivity index (χ0v) is 19.2. The number of morpholine rings is 1. The van der Waals surface area contributed by atoms with Crippen LogP contribution in [0.25, 0.3) is 12.2 Å². The summed E-state index contributed by atoms with van der Waals surface area (Å²) in [6.07, 6.45) is 4.41. The fourth-order valence-corrected chi connectivity index (χ4v) is 3.31. The van der Waals surface area contributed by atoms with Gasteiger partial charge in [0.1, 0.15) is 17.4 Å². The minimum Gasteiger partial charge on any atom is -0.493 e. The zero-order valence-electron chi connectivity index (χ0n) is 19.2. The number of hydrogen-bond donors (Lipinski definition) is 0. The molecule has 176 valence electrons. The maximum absolute atomic E-state index is 12.6. The molecule has 1 aliphatic rings. The van der Waals surface area contributed by atoms with Crippen molar-refractivity contribution in [1.29, 1.82) is 5.26 Å². The van der Waals surface area contributed by atoms with Crippen LogP contribution >= 0.6 is 0 Å². The summed E-state index contributed by atoms with van der Waals surface area (Å²) in [7, 11) is 1.44. The van der Waals surface area contributed by atoms with E-state index >= 15 is 0 Å². The van der Waals surface area contributed by atoms with Gasteiger partial charge in [0.2, 0.25) is 0 Å². The summed E-state index contributed by atoms with van der Waals surface area (Å²) in [6.45, 7) is 4.18. The van der Waals surface area contributed by atoms with Gasteiger partial charge in [-0.3, -0.25) is 4.79 Å². The molecule has 0 radical (unpaired) electrons. The quantitative estimate of drug-likeness (QED) is 0.256. The molecule has 8 nitrogen and oxygen atoms in total. The molecule has 0 spiro atoms. The number of para-hydroxylation sites is 1. The molecule has 0 aliphatic carbocycles. The molecular weight excluding hydrogens is 436 g/mol. The number of carbonyl (C=O) groups excluding carboxylic acids is 2. The molecule has 3 rings (SSSR count). The van der Waals surface area contributed by atoms with Gasteiger partial charge in [-0.2, -0.15) is 5.26 Å². The summed E-state index contributed by atoms with van der Waals surface area (Å²) in [4.78, 5) is 26.6. The highest BCUT2D eigenvalue weighted by Crippen LogP contribution is 2.29. The van der Waals surface area contributed by atoms with Gasteiger partial charge in [0.05, 0.1) is 26.9 Å². The Balaban J connectivity index is 1.73. The van der Waals surface area contributed by atoms with E-state index in [1.54, 1.807) is 29.2 Å². The van der Waals surface area contributed by atoms with Crippen molar-refractivity contribution in [3.8, 4) is 23.3 Å². The number of carbonyl (C=O) groups is 2. The monoisotopic (exact) mass is 462 g/mol. The highest BCUT2D eigenvalue weighted by molar-refractivity contribution is 6.01. The van der Waals surface area contributed by atoms with Crippen molar-refractivity contribution in [3.05, 3.63) is 65.2 Å². The van der Waals surface area contributed by atoms with Crippen LogP contribution in [0.4, 0.5) is 0 Å². The van der Waals surface area contributed by atoms with Gasteiger partial charge >= 0.3 is 5.97 Å². The highest BCUT2D eigenvalue weighted by Gasteiger charge is 2.21. The number of amides is 1. The lowest BCUT2D eigenvalue weighted by atomic mass is 10.1. The molecule has 0 aromatic heterocycles. The van der Waals surface area contributed by atoms with Gasteiger partial charge in [0.15, 0.2) is 11.5 Å². The molecule has 2 aromatic rings. The standard InChI is InChI=1S/C26H26N2O6/c1-3-33-22-7-5-4-6-20(22)9-11-25(29)34-23-10-8-19(17-24(23)31-2)16-21(18-27)26(30)28-12-14-32-15-13-28/h4-11,16-17H,3,12-15H2,1-2H3/b11-9+,21-16+. The summed E-state index contributed by atoms with van der Waals surface area (Å²) in [5, 5.41) is 9.48. The molecular formula is C26H26N2O6. The van der Waals surface area contributed by atoms with Crippen molar-refractivity contribution in [2.45, 2.75) is 6.92 Å². The number of esters is 1. The third kappa shape index (κ3) is 6.47. The van der Waals surface area contributed by atoms with E-state index < -0.39 is 5.97 Å². The minimum absolute atomic E-state index is 0.00425. The minimum atomic E-state index is -0.590. The lowest BCUT2D eigenvalue weighted by Crippen LogP contribution is -2.41. The van der Waals surface area contributed by atoms with E-state index in [-0.39, 0.29) is 17.2 Å². The molecule has 0 atom stereocenters. The van der Waals surface area contributed by atoms with E-state index in [4.69, 9.17) is 18.9 Å². The first kappa shape index (κ1) is 24.6. The van der Waals surface area contributed by atoms with E-state index in [1.165, 1.54) is 19.3 Å². The molecule has 2 aromatic carbocycles. The zero-order chi connectivity index (χ0) is 24.3. The Kier molecular flexibility index (Phi) is 8.83. The predicted octanol–water partition coefficient (Wildman–Crippen LogP) is 3.48. The molecule has 0 unspecified atom stereocenters. The molecule has 0 bridgehead atoms. The van der Waals surface area contributed by atoms with E-state index in [2.05, 4.69) is 0 Å². The Labute approximate surface area is 198 Å². The van der Waals surface area contributed by atoms with Gasteiger partial charge in [0.25, 0.3) is 5.91 Å². The Bertz CT molecular complexity index is 1130. The first-order valence-corrected chi connectivity index (χ1v) is 10.8. The molecule has 8 heteroatoms. The van der Waals surface area contributed by atoms with Crippen molar-refractivity contribution in [3.63, 3.8) is 0 Å². The van der Waals surface area contributed by atoms with Crippen LogP contribution in [-0.4, -0.2) is 56.8 Å². The lowest BCUT2D eigenvalue weighted by Gasteiger charge is -2.26. The van der Waals surface area contributed by atoms with Crippen molar-refractivity contribution >= 4 is 24.0 Å². The van der Waals surface area contributed by atoms with Crippen LogP contribution in [0, 0.1) is 11.3 Å². The Hall–Kier alpha value is -4.09. The first-order valence-electron chi connectivity index (χ1n) is 10.8. The Morgan fingerprint density at radius 2 is 1.88 bits per heavy atom. The first-order chi connectivity index (χ1) is 16.5. The van der Waals surface area contributed by atoms with Crippen LogP contribution in [0.15, 0.2) is 54.1 Å². The van der Waals surface area contributed by atoms with E-state index in [1.807, 2.05) is 37.3 Å². The van der Waals surface area contributed by atoms with Crippen LogP contribution in [0.1, 0.15) is 18.1 Å². The van der Waals surface area contributed by atoms with Crippen LogP contribution in [-0.2, 0) is 14.3 Å².